The molecular weight excluding hydrogens is 232 g/mol. The van der Waals surface area contributed by atoms with Crippen LogP contribution in [0.15, 0.2) is 6.20 Å². The Morgan fingerprint density at radius 2 is 2.11 bits per heavy atom. The van der Waals surface area contributed by atoms with Crippen LogP contribution >= 0.6 is 0 Å². The van der Waals surface area contributed by atoms with Crippen LogP contribution in [-0.4, -0.2) is 38.6 Å². The molecule has 1 aromatic heterocycles. The molecule has 18 heavy (non-hydrogen) atoms. The SMILES string of the molecule is Cn1cc(C(N)=O)c(C(=O)N2CCCC2(C)C)n1. The summed E-state index contributed by atoms with van der Waals surface area (Å²) in [5.74, 6) is -0.838. The van der Waals surface area contributed by atoms with Crippen molar-refractivity contribution in [1.29, 1.82) is 0 Å². The van der Waals surface area contributed by atoms with Gasteiger partial charge >= 0.3 is 0 Å². The van der Waals surface area contributed by atoms with Gasteiger partial charge in [0.2, 0.25) is 0 Å². The summed E-state index contributed by atoms with van der Waals surface area (Å²) >= 11 is 0. The molecule has 1 aliphatic rings. The maximum Gasteiger partial charge on any atom is 0.275 e. The van der Waals surface area contributed by atoms with Gasteiger partial charge in [-0.15, -0.1) is 0 Å². The van der Waals surface area contributed by atoms with Gasteiger partial charge in [-0.1, -0.05) is 0 Å². The second-order valence-corrected chi connectivity index (χ2v) is 5.30. The fourth-order valence-electron chi connectivity index (χ4n) is 2.44. The number of carbonyl (C=O) groups excluding carboxylic acids is 2. The highest BCUT2D eigenvalue weighted by Gasteiger charge is 2.38. The molecule has 0 atom stereocenters. The van der Waals surface area contributed by atoms with Gasteiger partial charge in [-0.25, -0.2) is 0 Å². The highest BCUT2D eigenvalue weighted by Crippen LogP contribution is 2.29. The zero-order valence-corrected chi connectivity index (χ0v) is 10.9. The van der Waals surface area contributed by atoms with Crippen LogP contribution in [0.2, 0.25) is 0 Å². The number of hydrogen-bond acceptors (Lipinski definition) is 3. The Morgan fingerprint density at radius 1 is 1.44 bits per heavy atom. The molecule has 0 unspecified atom stereocenters. The minimum absolute atomic E-state index is 0.153. The van der Waals surface area contributed by atoms with E-state index in [4.69, 9.17) is 5.73 Å². The normalized spacial score (nSPS) is 18.1. The van der Waals surface area contributed by atoms with Crippen LogP contribution < -0.4 is 5.73 Å². The number of nitrogens with two attached hydrogens (primary N) is 1. The number of carbonyl (C=O) groups is 2. The smallest absolute Gasteiger partial charge is 0.275 e. The molecular formula is C12H18N4O2. The van der Waals surface area contributed by atoms with E-state index in [1.165, 1.54) is 10.9 Å². The quantitative estimate of drug-likeness (QED) is 0.831. The predicted octanol–water partition coefficient (Wildman–Crippen LogP) is 0.534. The number of aryl methyl sites for hydroxylation is 1. The second kappa shape index (κ2) is 4.12. The first kappa shape index (κ1) is 12.6. The summed E-state index contributed by atoms with van der Waals surface area (Å²) in [6.45, 7) is 4.73. The lowest BCUT2D eigenvalue weighted by Gasteiger charge is -2.31. The Bertz CT molecular complexity index is 504. The number of rotatable bonds is 2. The van der Waals surface area contributed by atoms with Crippen LogP contribution in [0, 0.1) is 0 Å². The lowest BCUT2D eigenvalue weighted by Crippen LogP contribution is -2.43. The van der Waals surface area contributed by atoms with Gasteiger partial charge in [-0.2, -0.15) is 5.10 Å². The Labute approximate surface area is 106 Å². The lowest BCUT2D eigenvalue weighted by atomic mass is 10.0. The van der Waals surface area contributed by atoms with Crippen molar-refractivity contribution < 1.29 is 9.59 Å². The molecule has 98 valence electrons. The molecule has 6 heteroatoms. The Hall–Kier alpha value is -1.85. The summed E-state index contributed by atoms with van der Waals surface area (Å²) in [5.41, 5.74) is 5.42. The second-order valence-electron chi connectivity index (χ2n) is 5.30. The van der Waals surface area contributed by atoms with Crippen LogP contribution in [0.5, 0.6) is 0 Å². The first-order valence-corrected chi connectivity index (χ1v) is 5.98. The highest BCUT2D eigenvalue weighted by molar-refractivity contribution is 6.05. The van der Waals surface area contributed by atoms with Crippen molar-refractivity contribution in [3.8, 4) is 0 Å². The summed E-state index contributed by atoms with van der Waals surface area (Å²) in [5, 5.41) is 4.07. The molecule has 2 rings (SSSR count). The van der Waals surface area contributed by atoms with E-state index in [0.29, 0.717) is 6.54 Å². The summed E-state index contributed by atoms with van der Waals surface area (Å²) in [4.78, 5) is 25.5. The molecule has 6 nitrogen and oxygen atoms in total. The Morgan fingerprint density at radius 3 is 2.61 bits per heavy atom. The van der Waals surface area contributed by atoms with Crippen molar-refractivity contribution in [1.82, 2.24) is 14.7 Å². The molecule has 2 heterocycles. The van der Waals surface area contributed by atoms with Crippen LogP contribution in [0.25, 0.3) is 0 Å². The maximum absolute atomic E-state index is 12.4. The molecule has 0 aliphatic carbocycles. The monoisotopic (exact) mass is 250 g/mol. The van der Waals surface area contributed by atoms with Crippen LogP contribution in [0.4, 0.5) is 0 Å². The summed E-state index contributed by atoms with van der Waals surface area (Å²) in [6, 6.07) is 0. The topological polar surface area (TPSA) is 81.2 Å². The Balaban J connectivity index is 2.37. The number of nitrogens with zero attached hydrogens (tertiary/aromatic N) is 3. The van der Waals surface area contributed by atoms with Gasteiger partial charge < -0.3 is 10.6 Å². The largest absolute Gasteiger partial charge is 0.365 e. The average Bonchev–Trinajstić information content (AvgIpc) is 2.80. The Kier molecular flexibility index (Phi) is 2.88. The van der Waals surface area contributed by atoms with Gasteiger partial charge in [0, 0.05) is 25.3 Å². The van der Waals surface area contributed by atoms with Gasteiger partial charge in [0.25, 0.3) is 11.8 Å². The molecule has 0 radical (unpaired) electrons. The molecule has 1 saturated heterocycles. The molecule has 0 spiro atoms. The third-order valence-electron chi connectivity index (χ3n) is 3.44. The van der Waals surface area contributed by atoms with Crippen LogP contribution in [0.1, 0.15) is 47.5 Å². The van der Waals surface area contributed by atoms with Crippen molar-refractivity contribution in [2.24, 2.45) is 12.8 Å². The van der Waals surface area contributed by atoms with Crippen molar-refractivity contribution in [2.75, 3.05) is 6.54 Å². The molecule has 1 aromatic rings. The number of hydrogen-bond donors (Lipinski definition) is 1. The molecule has 0 aromatic carbocycles. The molecule has 1 fully saturated rings. The first-order valence-electron chi connectivity index (χ1n) is 5.98. The van der Waals surface area contributed by atoms with Crippen molar-refractivity contribution in [3.05, 3.63) is 17.5 Å². The fourth-order valence-corrected chi connectivity index (χ4v) is 2.44. The third kappa shape index (κ3) is 1.98. The van der Waals surface area contributed by atoms with E-state index in [2.05, 4.69) is 5.10 Å². The van der Waals surface area contributed by atoms with Gasteiger partial charge in [-0.05, 0) is 26.7 Å². The van der Waals surface area contributed by atoms with E-state index in [1.54, 1.807) is 11.9 Å². The summed E-state index contributed by atoms with van der Waals surface area (Å²) < 4.78 is 1.44. The van der Waals surface area contributed by atoms with E-state index >= 15 is 0 Å². The van der Waals surface area contributed by atoms with Gasteiger partial charge in [0.1, 0.15) is 0 Å². The average molecular weight is 250 g/mol. The standard InChI is InChI=1S/C12H18N4O2/c1-12(2)5-4-6-16(12)11(18)9-8(10(13)17)7-15(3)14-9/h7H,4-6H2,1-3H3,(H2,13,17). The van der Waals surface area contributed by atoms with Gasteiger partial charge in [0.15, 0.2) is 5.69 Å². The number of primary amides is 1. The highest BCUT2D eigenvalue weighted by atomic mass is 16.2. The van der Waals surface area contributed by atoms with Crippen molar-refractivity contribution in [2.45, 2.75) is 32.2 Å². The zero-order chi connectivity index (χ0) is 13.5. The molecule has 0 bridgehead atoms. The van der Waals surface area contributed by atoms with E-state index < -0.39 is 5.91 Å². The summed E-state index contributed by atoms with van der Waals surface area (Å²) in [7, 11) is 1.67. The fraction of sp³-hybridized carbons (Fsp3) is 0.583. The number of likely N-dealkylation sites (tertiary alicyclic amines) is 1. The number of amides is 2. The lowest BCUT2D eigenvalue weighted by molar-refractivity contribution is 0.0641. The zero-order valence-electron chi connectivity index (χ0n) is 10.9. The van der Waals surface area contributed by atoms with Crippen molar-refractivity contribution in [3.63, 3.8) is 0 Å². The van der Waals surface area contributed by atoms with Gasteiger partial charge in [-0.3, -0.25) is 14.3 Å². The molecule has 1 aliphatic heterocycles. The molecule has 2 amide bonds. The van der Waals surface area contributed by atoms with E-state index in [0.717, 1.165) is 12.8 Å². The maximum atomic E-state index is 12.4. The van der Waals surface area contributed by atoms with Gasteiger partial charge in [0.05, 0.1) is 5.56 Å². The minimum Gasteiger partial charge on any atom is -0.365 e. The summed E-state index contributed by atoms with van der Waals surface area (Å²) in [6.07, 6.45) is 3.41. The van der Waals surface area contributed by atoms with Crippen LogP contribution in [0.3, 0.4) is 0 Å². The van der Waals surface area contributed by atoms with E-state index in [1.807, 2.05) is 13.8 Å². The van der Waals surface area contributed by atoms with E-state index in [9.17, 15) is 9.59 Å². The van der Waals surface area contributed by atoms with Crippen molar-refractivity contribution >= 4 is 11.8 Å². The third-order valence-corrected chi connectivity index (χ3v) is 3.44. The minimum atomic E-state index is -0.622. The first-order chi connectivity index (χ1) is 8.33. The molecule has 2 N–H and O–H groups in total. The predicted molar refractivity (Wildman–Crippen MR) is 66.1 cm³/mol. The van der Waals surface area contributed by atoms with Crippen LogP contribution in [-0.2, 0) is 7.05 Å². The number of aromatic nitrogens is 2. The molecule has 0 saturated carbocycles. The van der Waals surface area contributed by atoms with E-state index in [-0.39, 0.29) is 22.7 Å².